The van der Waals surface area contributed by atoms with E-state index >= 15 is 0 Å². The van der Waals surface area contributed by atoms with Gasteiger partial charge in [0.15, 0.2) is 0 Å². The van der Waals surface area contributed by atoms with E-state index in [1.165, 1.54) is 0 Å². The summed E-state index contributed by atoms with van der Waals surface area (Å²) < 4.78 is 15.4. The monoisotopic (exact) mass is 252 g/mol. The van der Waals surface area contributed by atoms with Crippen LogP contribution in [-0.4, -0.2) is 28.5 Å². The molecule has 0 spiro atoms. The lowest BCUT2D eigenvalue weighted by Gasteiger charge is -2.14. The van der Waals surface area contributed by atoms with Gasteiger partial charge in [0, 0.05) is 0 Å². The van der Waals surface area contributed by atoms with E-state index in [1.54, 1.807) is 0 Å². The summed E-state index contributed by atoms with van der Waals surface area (Å²) in [6.07, 6.45) is 3.23. The van der Waals surface area contributed by atoms with Crippen LogP contribution in [0.1, 0.15) is 39.5 Å². The predicted molar refractivity (Wildman–Crippen MR) is 61.2 cm³/mol. The van der Waals surface area contributed by atoms with Gasteiger partial charge in [-0.25, -0.2) is 0 Å². The Morgan fingerprint density at radius 3 is 2.44 bits per heavy atom. The first-order chi connectivity index (χ1) is 7.39. The van der Waals surface area contributed by atoms with E-state index in [9.17, 15) is 9.36 Å². The quantitative estimate of drug-likeness (QED) is 0.509. The highest BCUT2D eigenvalue weighted by atomic mass is 31.2. The lowest BCUT2D eigenvalue weighted by Crippen LogP contribution is -2.16. The molecular formula is C10H21O5P. The Morgan fingerprint density at radius 1 is 1.38 bits per heavy atom. The Bertz CT molecular complexity index is 248. The van der Waals surface area contributed by atoms with Crippen molar-refractivity contribution in [3.05, 3.63) is 0 Å². The van der Waals surface area contributed by atoms with E-state index in [0.717, 1.165) is 25.7 Å². The molecule has 1 atom stereocenters. The highest BCUT2D eigenvalue weighted by molar-refractivity contribution is 7.52. The van der Waals surface area contributed by atoms with Crippen molar-refractivity contribution in [2.45, 2.75) is 39.5 Å². The first-order valence-electron chi connectivity index (χ1n) is 5.59. The first-order valence-corrected chi connectivity index (χ1v) is 7.39. The van der Waals surface area contributed by atoms with Crippen LogP contribution in [0, 0.1) is 5.92 Å². The second-order valence-corrected chi connectivity index (χ2v) is 5.57. The summed E-state index contributed by atoms with van der Waals surface area (Å²) in [5, 5.41) is 0. The molecule has 0 aliphatic carbocycles. The van der Waals surface area contributed by atoms with Gasteiger partial charge in [-0.3, -0.25) is 9.36 Å². The standard InChI is InChI=1S/C10H21O5P/c1-3-5-6-9(4-2)7-15-10(11)8-16(12,13)14/h9H,3-8H2,1-2H3,(H2,12,13,14). The highest BCUT2D eigenvalue weighted by Crippen LogP contribution is 2.33. The number of carbonyl (C=O) groups excluding carboxylic acids is 1. The molecule has 0 aliphatic rings. The van der Waals surface area contributed by atoms with Gasteiger partial charge < -0.3 is 14.5 Å². The fourth-order valence-electron chi connectivity index (χ4n) is 1.32. The van der Waals surface area contributed by atoms with Crippen molar-refractivity contribution in [2.75, 3.05) is 12.8 Å². The van der Waals surface area contributed by atoms with E-state index in [2.05, 4.69) is 6.92 Å². The maximum absolute atomic E-state index is 11.0. The molecule has 0 saturated heterocycles. The number of unbranched alkanes of at least 4 members (excludes halogenated alkanes) is 1. The van der Waals surface area contributed by atoms with Gasteiger partial charge in [-0.1, -0.05) is 33.1 Å². The Balaban J connectivity index is 3.83. The smallest absolute Gasteiger partial charge is 0.336 e. The molecule has 16 heavy (non-hydrogen) atoms. The van der Waals surface area contributed by atoms with E-state index in [0.29, 0.717) is 5.92 Å². The van der Waals surface area contributed by atoms with Gasteiger partial charge in [0.05, 0.1) is 6.61 Å². The lowest BCUT2D eigenvalue weighted by molar-refractivity contribution is -0.142. The van der Waals surface area contributed by atoms with Crippen molar-refractivity contribution < 1.29 is 23.9 Å². The molecule has 5 nitrogen and oxygen atoms in total. The van der Waals surface area contributed by atoms with Crippen LogP contribution in [0.4, 0.5) is 0 Å². The third-order valence-corrected chi connectivity index (χ3v) is 3.03. The maximum atomic E-state index is 11.0. The van der Waals surface area contributed by atoms with Crippen LogP contribution in [0.25, 0.3) is 0 Å². The summed E-state index contributed by atoms with van der Waals surface area (Å²) in [6.45, 7) is 4.36. The lowest BCUT2D eigenvalue weighted by atomic mass is 10.0. The first kappa shape index (κ1) is 15.6. The van der Waals surface area contributed by atoms with E-state index in [4.69, 9.17) is 14.5 Å². The minimum atomic E-state index is -4.29. The summed E-state index contributed by atoms with van der Waals surface area (Å²) in [5.41, 5.74) is 0. The van der Waals surface area contributed by atoms with Crippen LogP contribution in [0.2, 0.25) is 0 Å². The summed E-state index contributed by atoms with van der Waals surface area (Å²) in [6, 6.07) is 0. The average Bonchev–Trinajstić information content (AvgIpc) is 2.15. The largest absolute Gasteiger partial charge is 0.465 e. The van der Waals surface area contributed by atoms with E-state index in [1.807, 2.05) is 6.92 Å². The van der Waals surface area contributed by atoms with Crippen LogP contribution in [0.3, 0.4) is 0 Å². The van der Waals surface area contributed by atoms with Gasteiger partial charge in [-0.2, -0.15) is 0 Å². The summed E-state index contributed by atoms with van der Waals surface area (Å²) in [7, 11) is -4.29. The molecule has 0 aromatic rings. The molecule has 1 unspecified atom stereocenters. The molecule has 96 valence electrons. The molecule has 0 aromatic heterocycles. The van der Waals surface area contributed by atoms with Crippen molar-refractivity contribution in [1.82, 2.24) is 0 Å². The third kappa shape index (κ3) is 8.89. The van der Waals surface area contributed by atoms with Crippen LogP contribution < -0.4 is 0 Å². The Hall–Kier alpha value is -0.380. The van der Waals surface area contributed by atoms with Crippen molar-refractivity contribution in [3.8, 4) is 0 Å². The third-order valence-electron chi connectivity index (χ3n) is 2.36. The number of hydrogen-bond acceptors (Lipinski definition) is 3. The van der Waals surface area contributed by atoms with Crippen molar-refractivity contribution in [3.63, 3.8) is 0 Å². The summed E-state index contributed by atoms with van der Waals surface area (Å²) >= 11 is 0. The van der Waals surface area contributed by atoms with Crippen LogP contribution in [-0.2, 0) is 14.1 Å². The number of ether oxygens (including phenoxy) is 1. The molecule has 0 rings (SSSR count). The zero-order chi connectivity index (χ0) is 12.6. The molecule has 0 aromatic carbocycles. The van der Waals surface area contributed by atoms with Gasteiger partial charge in [0.25, 0.3) is 0 Å². The number of rotatable bonds is 8. The fraction of sp³-hybridized carbons (Fsp3) is 0.900. The molecule has 0 amide bonds. The number of carbonyl (C=O) groups is 1. The predicted octanol–water partition coefficient (Wildman–Crippen LogP) is 1.92. The van der Waals surface area contributed by atoms with Gasteiger partial charge in [-0.15, -0.1) is 0 Å². The maximum Gasteiger partial charge on any atom is 0.336 e. The zero-order valence-corrected chi connectivity index (χ0v) is 10.8. The molecule has 0 fully saturated rings. The van der Waals surface area contributed by atoms with Crippen LogP contribution in [0.15, 0.2) is 0 Å². The van der Waals surface area contributed by atoms with Gasteiger partial charge >= 0.3 is 13.6 Å². The molecule has 0 saturated carbocycles. The Morgan fingerprint density at radius 2 is 2.00 bits per heavy atom. The van der Waals surface area contributed by atoms with Crippen molar-refractivity contribution >= 4 is 13.6 Å². The second kappa shape index (κ2) is 7.82. The molecule has 6 heteroatoms. The van der Waals surface area contributed by atoms with E-state index in [-0.39, 0.29) is 6.61 Å². The van der Waals surface area contributed by atoms with Gasteiger partial charge in [0.1, 0.15) is 6.16 Å². The van der Waals surface area contributed by atoms with E-state index < -0.39 is 19.7 Å². The minimum Gasteiger partial charge on any atom is -0.465 e. The molecule has 0 heterocycles. The normalized spacial score (nSPS) is 13.5. The van der Waals surface area contributed by atoms with Gasteiger partial charge in [0.2, 0.25) is 0 Å². The summed E-state index contributed by atoms with van der Waals surface area (Å²) in [4.78, 5) is 28.2. The number of esters is 1. The molecule has 2 N–H and O–H groups in total. The van der Waals surface area contributed by atoms with Crippen molar-refractivity contribution in [1.29, 1.82) is 0 Å². The molecular weight excluding hydrogens is 231 g/mol. The van der Waals surface area contributed by atoms with Crippen LogP contribution >= 0.6 is 7.60 Å². The number of hydrogen-bond donors (Lipinski definition) is 2. The SMILES string of the molecule is CCCCC(CC)COC(=O)CP(=O)(O)O. The van der Waals surface area contributed by atoms with Crippen LogP contribution in [0.5, 0.6) is 0 Å². The zero-order valence-electron chi connectivity index (χ0n) is 9.89. The Kier molecular flexibility index (Phi) is 7.64. The fourth-order valence-corrected chi connectivity index (χ4v) is 1.75. The Labute approximate surface area is 96.4 Å². The topological polar surface area (TPSA) is 83.8 Å². The molecule has 0 bridgehead atoms. The highest BCUT2D eigenvalue weighted by Gasteiger charge is 2.20. The molecule has 0 aliphatic heterocycles. The minimum absolute atomic E-state index is 0.259. The van der Waals surface area contributed by atoms with Gasteiger partial charge in [-0.05, 0) is 12.3 Å². The summed E-state index contributed by atoms with van der Waals surface area (Å²) in [5.74, 6) is -0.524. The second-order valence-electron chi connectivity index (χ2n) is 3.92. The molecule has 0 radical (unpaired) electrons. The average molecular weight is 252 g/mol. The van der Waals surface area contributed by atoms with Crippen molar-refractivity contribution in [2.24, 2.45) is 5.92 Å².